The average molecular weight is 344 g/mol. The second kappa shape index (κ2) is 16.5. The molecule has 2 aromatic rings. The van der Waals surface area contributed by atoms with Crippen LogP contribution in [0.5, 0.6) is 11.5 Å². The summed E-state index contributed by atoms with van der Waals surface area (Å²) in [6.45, 7) is 4.26. The van der Waals surface area contributed by atoms with Crippen molar-refractivity contribution >= 4 is 0 Å². The van der Waals surface area contributed by atoms with Crippen LogP contribution in [0, 0.1) is 0 Å². The van der Waals surface area contributed by atoms with Crippen LogP contribution in [-0.4, -0.2) is 0 Å². The summed E-state index contributed by atoms with van der Waals surface area (Å²) in [5.41, 5.74) is 1.91. The topological polar surface area (TPSA) is 46.1 Å². The average Bonchev–Trinajstić information content (AvgIpc) is 2.54. The maximum Gasteiger partial charge on any atom is 1.00 e. The molecule has 0 saturated carbocycles. The number of benzene rings is 2. The predicted molar refractivity (Wildman–Crippen MR) is 89.0 cm³/mol. The molecular formula is C20H26Na2O2. The van der Waals surface area contributed by atoms with E-state index in [2.05, 4.69) is 13.8 Å². The SMILES string of the molecule is CCCCc1ccccc1[O-].CCCCc1ccccc1[O-].[Na+].[Na+]. The van der Waals surface area contributed by atoms with Gasteiger partial charge in [0.1, 0.15) is 0 Å². The van der Waals surface area contributed by atoms with Crippen molar-refractivity contribution in [3.8, 4) is 11.5 Å². The molecule has 2 rings (SSSR count). The normalized spacial score (nSPS) is 9.08. The maximum absolute atomic E-state index is 11.1. The molecule has 0 heterocycles. The van der Waals surface area contributed by atoms with Gasteiger partial charge in [0, 0.05) is 0 Å². The third-order valence-electron chi connectivity index (χ3n) is 3.54. The molecule has 0 N–H and O–H groups in total. The van der Waals surface area contributed by atoms with E-state index < -0.39 is 0 Å². The maximum atomic E-state index is 11.1. The molecule has 0 spiro atoms. The molecule has 2 nitrogen and oxygen atoms in total. The van der Waals surface area contributed by atoms with Crippen LogP contribution in [0.1, 0.15) is 50.7 Å². The van der Waals surface area contributed by atoms with Crippen molar-refractivity contribution in [2.45, 2.75) is 52.4 Å². The van der Waals surface area contributed by atoms with E-state index >= 15 is 0 Å². The third kappa shape index (κ3) is 10.8. The van der Waals surface area contributed by atoms with E-state index in [0.29, 0.717) is 0 Å². The first-order valence-corrected chi connectivity index (χ1v) is 8.18. The minimum Gasteiger partial charge on any atom is -0.872 e. The first-order valence-electron chi connectivity index (χ1n) is 8.18. The van der Waals surface area contributed by atoms with Gasteiger partial charge in [-0.2, -0.15) is 0 Å². The molecule has 0 bridgehead atoms. The van der Waals surface area contributed by atoms with Crippen molar-refractivity contribution in [2.75, 3.05) is 0 Å². The van der Waals surface area contributed by atoms with Crippen molar-refractivity contribution in [3.63, 3.8) is 0 Å². The van der Waals surface area contributed by atoms with Gasteiger partial charge in [0.05, 0.1) is 0 Å². The van der Waals surface area contributed by atoms with Crippen LogP contribution in [0.25, 0.3) is 0 Å². The van der Waals surface area contributed by atoms with E-state index in [4.69, 9.17) is 0 Å². The zero-order valence-corrected chi connectivity index (χ0v) is 19.7. The molecule has 0 amide bonds. The molecule has 0 aromatic heterocycles. The fourth-order valence-corrected chi connectivity index (χ4v) is 2.16. The summed E-state index contributed by atoms with van der Waals surface area (Å²) in [7, 11) is 0. The van der Waals surface area contributed by atoms with E-state index in [1.807, 2.05) is 24.3 Å². The summed E-state index contributed by atoms with van der Waals surface area (Å²) in [5, 5.41) is 22.3. The van der Waals surface area contributed by atoms with Gasteiger partial charge in [0.2, 0.25) is 0 Å². The van der Waals surface area contributed by atoms with Crippen molar-refractivity contribution in [2.24, 2.45) is 0 Å². The number of unbranched alkanes of at least 4 members (excludes halogenated alkanes) is 2. The van der Waals surface area contributed by atoms with E-state index in [1.54, 1.807) is 24.3 Å². The van der Waals surface area contributed by atoms with Crippen LogP contribution in [0.15, 0.2) is 48.5 Å². The fraction of sp³-hybridized carbons (Fsp3) is 0.400. The summed E-state index contributed by atoms with van der Waals surface area (Å²) in [4.78, 5) is 0. The Morgan fingerprint density at radius 2 is 0.958 bits per heavy atom. The Hall–Kier alpha value is 0.0400. The van der Waals surface area contributed by atoms with Crippen LogP contribution >= 0.6 is 0 Å². The van der Waals surface area contributed by atoms with Crippen LogP contribution in [0.3, 0.4) is 0 Å². The fourth-order valence-electron chi connectivity index (χ4n) is 2.16. The summed E-state index contributed by atoms with van der Waals surface area (Å²) < 4.78 is 0. The molecule has 120 valence electrons. The van der Waals surface area contributed by atoms with E-state index in [1.165, 1.54) is 0 Å². The first-order chi connectivity index (χ1) is 10.7. The molecule has 4 heteroatoms. The zero-order valence-electron chi connectivity index (χ0n) is 15.7. The largest absolute Gasteiger partial charge is 1.00 e. The van der Waals surface area contributed by atoms with Crippen molar-refractivity contribution in [1.29, 1.82) is 0 Å². The van der Waals surface area contributed by atoms with Crippen molar-refractivity contribution < 1.29 is 69.3 Å². The van der Waals surface area contributed by atoms with Gasteiger partial charge in [-0.25, -0.2) is 0 Å². The zero-order chi connectivity index (χ0) is 16.2. The second-order valence-corrected chi connectivity index (χ2v) is 5.42. The molecule has 0 saturated heterocycles. The van der Waals surface area contributed by atoms with Crippen LogP contribution < -0.4 is 69.3 Å². The Bertz CT molecular complexity index is 495. The predicted octanol–water partition coefficient (Wildman–Crippen LogP) is -1.79. The van der Waals surface area contributed by atoms with E-state index in [0.717, 1.165) is 49.7 Å². The Morgan fingerprint density at radius 1 is 0.625 bits per heavy atom. The molecule has 2 aromatic carbocycles. The van der Waals surface area contributed by atoms with Gasteiger partial charge in [0.25, 0.3) is 0 Å². The quantitative estimate of drug-likeness (QED) is 0.582. The standard InChI is InChI=1S/2C10H14O.2Na/c2*1-2-3-6-9-7-4-5-8-10(9)11;;/h2*4-5,7-8,11H,2-3,6H2,1H3;;/q;;2*+1/p-2. The molecule has 0 unspecified atom stereocenters. The van der Waals surface area contributed by atoms with Gasteiger partial charge in [-0.3, -0.25) is 0 Å². The van der Waals surface area contributed by atoms with Crippen LogP contribution in [-0.2, 0) is 12.8 Å². The Kier molecular flexibility index (Phi) is 18.1. The van der Waals surface area contributed by atoms with Crippen molar-refractivity contribution in [1.82, 2.24) is 0 Å². The molecular weight excluding hydrogens is 318 g/mol. The van der Waals surface area contributed by atoms with E-state index in [-0.39, 0.29) is 70.6 Å². The Balaban J connectivity index is 0. The van der Waals surface area contributed by atoms with Gasteiger partial charge in [0.15, 0.2) is 0 Å². The van der Waals surface area contributed by atoms with Gasteiger partial charge in [-0.15, -0.1) is 11.5 Å². The van der Waals surface area contributed by atoms with Crippen LogP contribution in [0.4, 0.5) is 0 Å². The summed E-state index contributed by atoms with van der Waals surface area (Å²) >= 11 is 0. The molecule has 0 atom stereocenters. The van der Waals surface area contributed by atoms with Crippen LogP contribution in [0.2, 0.25) is 0 Å². The second-order valence-electron chi connectivity index (χ2n) is 5.42. The molecule has 0 aliphatic heterocycles. The smallest absolute Gasteiger partial charge is 0.872 e. The molecule has 0 aliphatic rings. The first kappa shape index (κ1) is 26.3. The van der Waals surface area contributed by atoms with Gasteiger partial charge in [-0.1, -0.05) is 86.3 Å². The minimum absolute atomic E-state index is 0. The number of hydrogen-bond acceptors (Lipinski definition) is 2. The molecule has 0 aliphatic carbocycles. The minimum atomic E-state index is 0. The number of aryl methyl sites for hydroxylation is 2. The molecule has 0 fully saturated rings. The number of hydrogen-bond donors (Lipinski definition) is 0. The summed E-state index contributed by atoms with van der Waals surface area (Å²) in [6.07, 6.45) is 6.37. The number of rotatable bonds is 6. The van der Waals surface area contributed by atoms with Gasteiger partial charge >= 0.3 is 59.1 Å². The molecule has 24 heavy (non-hydrogen) atoms. The summed E-state index contributed by atoms with van der Waals surface area (Å²) in [5.74, 6) is 0.363. The number of para-hydroxylation sites is 2. The third-order valence-corrected chi connectivity index (χ3v) is 3.54. The Labute approximate surface area is 191 Å². The van der Waals surface area contributed by atoms with Gasteiger partial charge in [-0.05, 0) is 25.7 Å². The van der Waals surface area contributed by atoms with E-state index in [9.17, 15) is 10.2 Å². The van der Waals surface area contributed by atoms with Gasteiger partial charge < -0.3 is 10.2 Å². The Morgan fingerprint density at radius 3 is 1.25 bits per heavy atom. The monoisotopic (exact) mass is 344 g/mol. The molecule has 0 radical (unpaired) electrons. The van der Waals surface area contributed by atoms with Crippen molar-refractivity contribution in [3.05, 3.63) is 59.7 Å². The summed E-state index contributed by atoms with van der Waals surface area (Å²) in [6, 6.07) is 14.5.